The number of carbonyl (C=O) groups is 1. The van der Waals surface area contributed by atoms with Crippen LogP contribution in [0.3, 0.4) is 0 Å². The number of ether oxygens (including phenoxy) is 2. The molecule has 11 nitrogen and oxygen atoms in total. The van der Waals surface area contributed by atoms with Crippen molar-refractivity contribution in [2.45, 2.75) is 11.4 Å². The van der Waals surface area contributed by atoms with Crippen LogP contribution in [0.4, 0.5) is 11.4 Å². The van der Waals surface area contributed by atoms with Crippen molar-refractivity contribution in [3.05, 3.63) is 96.3 Å². The van der Waals surface area contributed by atoms with Crippen LogP contribution in [0.5, 0.6) is 11.9 Å². The third kappa shape index (κ3) is 5.93. The summed E-state index contributed by atoms with van der Waals surface area (Å²) < 4.78 is 40.2. The minimum Gasteiger partial charge on any atom is -0.480 e. The fourth-order valence-corrected chi connectivity index (χ4v) is 5.34. The Hall–Kier alpha value is -5.07. The van der Waals surface area contributed by atoms with E-state index in [-0.39, 0.29) is 28.7 Å². The van der Waals surface area contributed by atoms with E-state index in [9.17, 15) is 18.3 Å². The number of benzene rings is 3. The molecule has 0 saturated carbocycles. The van der Waals surface area contributed by atoms with E-state index in [1.54, 1.807) is 36.5 Å². The van der Waals surface area contributed by atoms with Gasteiger partial charge in [-0.2, -0.15) is 4.98 Å². The van der Waals surface area contributed by atoms with Gasteiger partial charge in [-0.25, -0.2) is 22.9 Å². The summed E-state index contributed by atoms with van der Waals surface area (Å²) in [5.74, 6) is -0.810. The third-order valence-electron chi connectivity index (χ3n) is 6.23. The van der Waals surface area contributed by atoms with Gasteiger partial charge in [0, 0.05) is 30.0 Å². The van der Waals surface area contributed by atoms with Crippen molar-refractivity contribution < 1.29 is 27.8 Å². The summed E-state index contributed by atoms with van der Waals surface area (Å²) in [6.07, 6.45) is 2.83. The zero-order chi connectivity index (χ0) is 29.0. The fourth-order valence-electron chi connectivity index (χ4n) is 4.20. The molecule has 0 aliphatic rings. The average Bonchev–Trinajstić information content (AvgIpc) is 3.00. The van der Waals surface area contributed by atoms with Gasteiger partial charge in [-0.1, -0.05) is 48.5 Å². The van der Waals surface area contributed by atoms with Crippen LogP contribution in [-0.2, 0) is 16.6 Å². The number of nitrogens with zero attached hydrogens (tertiary/aromatic N) is 3. The molecule has 0 bridgehead atoms. The van der Waals surface area contributed by atoms with Gasteiger partial charge in [0.15, 0.2) is 0 Å². The maximum atomic E-state index is 13.5. The first-order valence-corrected chi connectivity index (χ1v) is 13.8. The van der Waals surface area contributed by atoms with Gasteiger partial charge in [-0.3, -0.25) is 4.98 Å². The van der Waals surface area contributed by atoms with Crippen LogP contribution in [0.15, 0.2) is 90.1 Å². The average molecular weight is 572 g/mol. The number of hydrogen-bond acceptors (Lipinski definition) is 9. The second-order valence-corrected chi connectivity index (χ2v) is 10.6. The van der Waals surface area contributed by atoms with Gasteiger partial charge >= 0.3 is 12.0 Å². The molecule has 41 heavy (non-hydrogen) atoms. The molecule has 208 valence electrons. The van der Waals surface area contributed by atoms with Gasteiger partial charge in [0.1, 0.15) is 4.90 Å². The van der Waals surface area contributed by atoms with Gasteiger partial charge in [-0.05, 0) is 35.4 Å². The van der Waals surface area contributed by atoms with Crippen molar-refractivity contribution in [3.8, 4) is 23.0 Å². The molecule has 0 fully saturated rings. The van der Waals surface area contributed by atoms with E-state index in [2.05, 4.69) is 25.0 Å². The molecule has 2 heterocycles. The lowest BCUT2D eigenvalue weighted by molar-refractivity contribution is 0.0697. The van der Waals surface area contributed by atoms with Crippen LogP contribution in [0.1, 0.15) is 15.9 Å². The van der Waals surface area contributed by atoms with Crippen molar-refractivity contribution in [1.29, 1.82) is 0 Å². The largest absolute Gasteiger partial charge is 0.480 e. The van der Waals surface area contributed by atoms with E-state index < -0.39 is 16.0 Å². The molecule has 0 aliphatic heterocycles. The first kappa shape index (κ1) is 27.5. The maximum absolute atomic E-state index is 13.5. The summed E-state index contributed by atoms with van der Waals surface area (Å²) in [6, 6.07) is 20.6. The highest BCUT2D eigenvalue weighted by Gasteiger charge is 2.23. The van der Waals surface area contributed by atoms with Crippen LogP contribution in [0.25, 0.3) is 22.0 Å². The number of anilines is 2. The molecule has 0 atom stereocenters. The molecule has 3 N–H and O–H groups in total. The lowest BCUT2D eigenvalue weighted by Gasteiger charge is -2.17. The maximum Gasteiger partial charge on any atom is 0.335 e. The molecule has 0 saturated heterocycles. The summed E-state index contributed by atoms with van der Waals surface area (Å²) in [6.45, 7) is 0.0748. The van der Waals surface area contributed by atoms with Crippen molar-refractivity contribution in [2.75, 3.05) is 19.5 Å². The first-order valence-electron chi connectivity index (χ1n) is 12.3. The number of pyridine rings is 1. The van der Waals surface area contributed by atoms with E-state index in [1.165, 1.54) is 32.5 Å². The Bertz CT molecular complexity index is 1850. The number of carboxylic acid groups (broad SMARTS) is 1. The van der Waals surface area contributed by atoms with E-state index >= 15 is 0 Å². The Morgan fingerprint density at radius 2 is 1.73 bits per heavy atom. The number of aromatic nitrogens is 3. The van der Waals surface area contributed by atoms with Crippen molar-refractivity contribution >= 4 is 38.3 Å². The van der Waals surface area contributed by atoms with Gasteiger partial charge in [-0.15, -0.1) is 0 Å². The van der Waals surface area contributed by atoms with Gasteiger partial charge in [0.2, 0.25) is 15.9 Å². The number of rotatable bonds is 10. The van der Waals surface area contributed by atoms with Gasteiger partial charge in [0.25, 0.3) is 0 Å². The summed E-state index contributed by atoms with van der Waals surface area (Å²) >= 11 is 0. The molecular formula is C29H25N5O6S. The molecule has 2 aromatic heterocycles. The molecular weight excluding hydrogens is 546 g/mol. The lowest BCUT2D eigenvalue weighted by Crippen LogP contribution is -2.24. The molecule has 0 aliphatic carbocycles. The number of aromatic carboxylic acids is 1. The van der Waals surface area contributed by atoms with E-state index in [0.717, 1.165) is 5.56 Å². The minimum atomic E-state index is -4.05. The molecule has 0 amide bonds. The highest BCUT2D eigenvalue weighted by molar-refractivity contribution is 7.89. The highest BCUT2D eigenvalue weighted by Crippen LogP contribution is 2.36. The highest BCUT2D eigenvalue weighted by atomic mass is 32.2. The number of fused-ring (bicyclic) bond motifs is 1. The van der Waals surface area contributed by atoms with Crippen LogP contribution in [0, 0.1) is 0 Å². The number of carboxylic acids is 1. The number of methoxy groups -OCH3 is 2. The van der Waals surface area contributed by atoms with Crippen LogP contribution < -0.4 is 19.5 Å². The topological polar surface area (TPSA) is 153 Å². The molecule has 5 rings (SSSR count). The van der Waals surface area contributed by atoms with Crippen molar-refractivity contribution in [3.63, 3.8) is 0 Å². The fraction of sp³-hybridized carbons (Fsp3) is 0.103. The third-order valence-corrected chi connectivity index (χ3v) is 7.64. The van der Waals surface area contributed by atoms with E-state index in [1.807, 2.05) is 30.3 Å². The van der Waals surface area contributed by atoms with Crippen LogP contribution in [-0.4, -0.2) is 48.7 Å². The van der Waals surface area contributed by atoms with Crippen LogP contribution >= 0.6 is 0 Å². The Kier molecular flexibility index (Phi) is 7.77. The zero-order valence-corrected chi connectivity index (χ0v) is 22.8. The van der Waals surface area contributed by atoms with Crippen LogP contribution in [0.2, 0.25) is 0 Å². The lowest BCUT2D eigenvalue weighted by atomic mass is 10.0. The normalized spacial score (nSPS) is 11.3. The van der Waals surface area contributed by atoms with Crippen molar-refractivity contribution in [2.24, 2.45) is 0 Å². The van der Waals surface area contributed by atoms with Crippen molar-refractivity contribution in [1.82, 2.24) is 19.7 Å². The monoisotopic (exact) mass is 571 g/mol. The summed E-state index contributed by atoms with van der Waals surface area (Å²) in [5.41, 5.74) is 3.21. The van der Waals surface area contributed by atoms with Gasteiger partial charge in [0.05, 0.1) is 36.6 Å². The second-order valence-electron chi connectivity index (χ2n) is 8.83. The zero-order valence-electron chi connectivity index (χ0n) is 22.0. The summed E-state index contributed by atoms with van der Waals surface area (Å²) in [7, 11) is -1.12. The molecule has 3 aromatic carbocycles. The smallest absolute Gasteiger partial charge is 0.335 e. The molecule has 12 heteroatoms. The predicted octanol–water partition coefficient (Wildman–Crippen LogP) is 4.63. The predicted molar refractivity (Wildman–Crippen MR) is 153 cm³/mol. The van der Waals surface area contributed by atoms with E-state index in [4.69, 9.17) is 9.47 Å². The number of nitrogens with one attached hydrogen (secondary N) is 2. The molecule has 5 aromatic rings. The SMILES string of the molecule is COc1ncc(-c2ccc3c(Nc4cccc(C(=O)O)c4)c(S(=O)(=O)NCc4ccccc4)cnc3c2)c(OC)n1. The molecule has 0 spiro atoms. The number of hydrogen-bond donors (Lipinski definition) is 3. The molecule has 0 radical (unpaired) electrons. The standard InChI is InChI=1S/C29H25N5O6S/c1-39-27-23(16-31-29(34-27)40-2)19-11-12-22-24(14-19)30-17-25(41(37,38)32-15-18-7-4-3-5-8-18)26(22)33-21-10-6-9-20(13-21)28(35)36/h3-14,16-17,32H,15H2,1-2H3,(H,30,33)(H,35,36). The Morgan fingerprint density at radius 1 is 0.927 bits per heavy atom. The molecule has 0 unspecified atom stereocenters. The van der Waals surface area contributed by atoms with Gasteiger partial charge < -0.3 is 19.9 Å². The van der Waals surface area contributed by atoms with E-state index in [0.29, 0.717) is 33.6 Å². The second kappa shape index (κ2) is 11.6. The Morgan fingerprint density at radius 3 is 2.46 bits per heavy atom. The Balaban J connectivity index is 1.62. The summed E-state index contributed by atoms with van der Waals surface area (Å²) in [5, 5.41) is 13.1. The summed E-state index contributed by atoms with van der Waals surface area (Å²) in [4.78, 5) is 24.3. The first-order chi connectivity index (χ1) is 19.8. The number of sulfonamides is 1. The Labute approximate surface area is 235 Å². The minimum absolute atomic E-state index is 0.0499. The quantitative estimate of drug-likeness (QED) is 0.216.